The Morgan fingerprint density at radius 3 is 2.92 bits per heavy atom. The highest BCUT2D eigenvalue weighted by Crippen LogP contribution is 2.34. The molecule has 0 bridgehead atoms. The van der Waals surface area contributed by atoms with Crippen molar-refractivity contribution in [2.45, 2.75) is 38.3 Å². The Bertz CT molecular complexity index is 801. The van der Waals surface area contributed by atoms with E-state index < -0.39 is 11.9 Å². The van der Waals surface area contributed by atoms with Crippen LogP contribution in [0, 0.1) is 5.95 Å². The van der Waals surface area contributed by atoms with Gasteiger partial charge in [0.05, 0.1) is 12.2 Å². The SMILES string of the molecule is O=C(O)c1c(-c2ccc(NC3CC3)nc2F)nn2c1OCCCC2. The Morgan fingerprint density at radius 1 is 1.38 bits per heavy atom. The van der Waals surface area contributed by atoms with Crippen LogP contribution in [0.4, 0.5) is 10.2 Å². The second-order valence-electron chi connectivity index (χ2n) is 6.07. The number of pyridine rings is 1. The zero-order valence-corrected chi connectivity index (χ0v) is 13.0. The number of rotatable bonds is 4. The van der Waals surface area contributed by atoms with Crippen molar-refractivity contribution in [3.05, 3.63) is 23.6 Å². The van der Waals surface area contributed by atoms with E-state index >= 15 is 0 Å². The highest BCUT2D eigenvalue weighted by atomic mass is 19.1. The monoisotopic (exact) mass is 332 g/mol. The molecule has 2 N–H and O–H groups in total. The normalized spacial score (nSPS) is 16.9. The van der Waals surface area contributed by atoms with Crippen LogP contribution >= 0.6 is 0 Å². The number of carboxylic acid groups (broad SMARTS) is 1. The van der Waals surface area contributed by atoms with Crippen molar-refractivity contribution < 1.29 is 19.0 Å². The van der Waals surface area contributed by atoms with Gasteiger partial charge in [0.15, 0.2) is 0 Å². The summed E-state index contributed by atoms with van der Waals surface area (Å²) in [6.45, 7) is 0.975. The Kier molecular flexibility index (Phi) is 3.59. The lowest BCUT2D eigenvalue weighted by Gasteiger charge is -2.06. The fourth-order valence-corrected chi connectivity index (χ4v) is 2.79. The summed E-state index contributed by atoms with van der Waals surface area (Å²) in [5, 5.41) is 16.9. The predicted octanol–water partition coefficient (Wildman–Crippen LogP) is 2.53. The number of fused-ring (bicyclic) bond motifs is 1. The lowest BCUT2D eigenvalue weighted by Crippen LogP contribution is -2.06. The van der Waals surface area contributed by atoms with Crippen molar-refractivity contribution in [1.29, 1.82) is 0 Å². The molecule has 24 heavy (non-hydrogen) atoms. The number of carboxylic acids is 1. The van der Waals surface area contributed by atoms with E-state index in [1.165, 1.54) is 10.7 Å². The topological polar surface area (TPSA) is 89.3 Å². The molecule has 0 saturated heterocycles. The van der Waals surface area contributed by atoms with Crippen molar-refractivity contribution in [2.75, 3.05) is 11.9 Å². The average molecular weight is 332 g/mol. The first-order valence-corrected chi connectivity index (χ1v) is 8.04. The van der Waals surface area contributed by atoms with Crippen LogP contribution in [0.25, 0.3) is 11.3 Å². The molecule has 0 spiro atoms. The predicted molar refractivity (Wildman–Crippen MR) is 83.7 cm³/mol. The summed E-state index contributed by atoms with van der Waals surface area (Å²) < 4.78 is 21.5. The summed E-state index contributed by atoms with van der Waals surface area (Å²) in [5.41, 5.74) is 0.0146. The minimum atomic E-state index is -1.19. The highest BCUT2D eigenvalue weighted by Gasteiger charge is 2.29. The number of halogens is 1. The van der Waals surface area contributed by atoms with Gasteiger partial charge in [-0.25, -0.2) is 14.5 Å². The molecule has 2 aliphatic rings. The van der Waals surface area contributed by atoms with Gasteiger partial charge in [0.1, 0.15) is 17.1 Å². The fourth-order valence-electron chi connectivity index (χ4n) is 2.79. The summed E-state index contributed by atoms with van der Waals surface area (Å²) in [5.74, 6) is -1.29. The van der Waals surface area contributed by atoms with E-state index in [1.54, 1.807) is 6.07 Å². The second-order valence-corrected chi connectivity index (χ2v) is 6.07. The molecule has 7 nitrogen and oxygen atoms in total. The van der Waals surface area contributed by atoms with Crippen LogP contribution in [0.5, 0.6) is 5.88 Å². The molecule has 3 heterocycles. The van der Waals surface area contributed by atoms with E-state index in [0.717, 1.165) is 25.7 Å². The molecule has 8 heteroatoms. The summed E-state index contributed by atoms with van der Waals surface area (Å²) in [6, 6.07) is 3.52. The number of ether oxygens (including phenoxy) is 1. The van der Waals surface area contributed by atoms with Crippen molar-refractivity contribution in [3.8, 4) is 17.1 Å². The molecule has 0 unspecified atom stereocenters. The van der Waals surface area contributed by atoms with Gasteiger partial charge in [0.25, 0.3) is 0 Å². The number of hydrogen-bond acceptors (Lipinski definition) is 5. The van der Waals surface area contributed by atoms with Gasteiger partial charge in [-0.05, 0) is 37.8 Å². The maximum absolute atomic E-state index is 14.5. The third-order valence-electron chi connectivity index (χ3n) is 4.16. The van der Waals surface area contributed by atoms with Crippen LogP contribution in [0.1, 0.15) is 36.0 Å². The second kappa shape index (κ2) is 5.77. The van der Waals surface area contributed by atoms with Gasteiger partial charge in [-0.1, -0.05) is 0 Å². The van der Waals surface area contributed by atoms with Crippen molar-refractivity contribution in [2.24, 2.45) is 0 Å². The minimum Gasteiger partial charge on any atom is -0.477 e. The van der Waals surface area contributed by atoms with E-state index in [0.29, 0.717) is 25.0 Å². The summed E-state index contributed by atoms with van der Waals surface area (Å²) in [4.78, 5) is 15.6. The van der Waals surface area contributed by atoms with Crippen LogP contribution in [-0.4, -0.2) is 38.5 Å². The average Bonchev–Trinajstić information content (AvgIpc) is 3.31. The number of aryl methyl sites for hydroxylation is 1. The highest BCUT2D eigenvalue weighted by molar-refractivity contribution is 5.97. The van der Waals surface area contributed by atoms with Crippen LogP contribution in [0.15, 0.2) is 12.1 Å². The number of anilines is 1. The standard InChI is InChI=1S/C16H17FN4O3/c17-14-10(5-6-11(19-14)18-9-3-4-9)13-12(16(22)23)15-21(20-13)7-1-2-8-24-15/h5-6,9H,1-4,7-8H2,(H,18,19)(H,22,23). The molecule has 0 amide bonds. The molecule has 2 aromatic rings. The first-order chi connectivity index (χ1) is 11.6. The van der Waals surface area contributed by atoms with Gasteiger partial charge in [0.2, 0.25) is 11.8 Å². The number of hydrogen-bond donors (Lipinski definition) is 2. The number of aromatic nitrogens is 3. The van der Waals surface area contributed by atoms with E-state index in [-0.39, 0.29) is 22.7 Å². The fraction of sp³-hybridized carbons (Fsp3) is 0.438. The van der Waals surface area contributed by atoms with Crippen molar-refractivity contribution >= 4 is 11.8 Å². The molecule has 1 saturated carbocycles. The van der Waals surface area contributed by atoms with Gasteiger partial charge < -0.3 is 15.2 Å². The third kappa shape index (κ3) is 2.68. The number of nitrogens with zero attached hydrogens (tertiary/aromatic N) is 3. The third-order valence-corrected chi connectivity index (χ3v) is 4.16. The zero-order valence-electron chi connectivity index (χ0n) is 13.0. The van der Waals surface area contributed by atoms with Crippen LogP contribution in [0.2, 0.25) is 0 Å². The molecule has 1 fully saturated rings. The van der Waals surface area contributed by atoms with E-state index in [4.69, 9.17) is 4.74 Å². The molecule has 2 aromatic heterocycles. The van der Waals surface area contributed by atoms with Crippen LogP contribution in [0.3, 0.4) is 0 Å². The quantitative estimate of drug-likeness (QED) is 0.836. The Balaban J connectivity index is 1.76. The molecule has 1 aliphatic carbocycles. The van der Waals surface area contributed by atoms with Gasteiger partial charge >= 0.3 is 5.97 Å². The summed E-state index contributed by atoms with van der Waals surface area (Å²) in [7, 11) is 0. The Labute approximate surface area is 137 Å². The minimum absolute atomic E-state index is 0.0578. The zero-order chi connectivity index (χ0) is 16.7. The van der Waals surface area contributed by atoms with Gasteiger partial charge in [-0.3, -0.25) is 0 Å². The number of carbonyl (C=O) groups is 1. The summed E-state index contributed by atoms with van der Waals surface area (Å²) >= 11 is 0. The van der Waals surface area contributed by atoms with E-state index in [1.807, 2.05) is 0 Å². The molecule has 126 valence electrons. The van der Waals surface area contributed by atoms with E-state index in [9.17, 15) is 14.3 Å². The van der Waals surface area contributed by atoms with Crippen LogP contribution < -0.4 is 10.1 Å². The molecular formula is C16H17FN4O3. The smallest absolute Gasteiger partial charge is 0.343 e. The Hall–Kier alpha value is -2.64. The first-order valence-electron chi connectivity index (χ1n) is 8.04. The van der Waals surface area contributed by atoms with E-state index in [2.05, 4.69) is 15.4 Å². The number of aromatic carboxylic acids is 1. The molecular weight excluding hydrogens is 315 g/mol. The Morgan fingerprint density at radius 2 is 2.21 bits per heavy atom. The molecule has 4 rings (SSSR count). The molecule has 0 aromatic carbocycles. The molecule has 1 aliphatic heterocycles. The maximum atomic E-state index is 14.5. The maximum Gasteiger partial charge on any atom is 0.343 e. The van der Waals surface area contributed by atoms with Crippen LogP contribution in [-0.2, 0) is 6.54 Å². The molecule has 0 atom stereocenters. The van der Waals surface area contributed by atoms with Gasteiger partial charge in [-0.2, -0.15) is 9.49 Å². The first kappa shape index (κ1) is 14.9. The number of nitrogens with one attached hydrogen (secondary N) is 1. The lowest BCUT2D eigenvalue weighted by molar-refractivity contribution is 0.0693. The van der Waals surface area contributed by atoms with Gasteiger partial charge in [-0.15, -0.1) is 0 Å². The molecule has 0 radical (unpaired) electrons. The largest absolute Gasteiger partial charge is 0.477 e. The van der Waals surface area contributed by atoms with Crippen molar-refractivity contribution in [3.63, 3.8) is 0 Å². The van der Waals surface area contributed by atoms with Gasteiger partial charge in [0, 0.05) is 12.6 Å². The van der Waals surface area contributed by atoms with Crippen molar-refractivity contribution in [1.82, 2.24) is 14.8 Å². The summed E-state index contributed by atoms with van der Waals surface area (Å²) in [6.07, 6.45) is 3.77. The lowest BCUT2D eigenvalue weighted by atomic mass is 10.1.